The molecule has 0 bridgehead atoms. The Morgan fingerprint density at radius 1 is 1.24 bits per heavy atom. The van der Waals surface area contributed by atoms with Crippen molar-refractivity contribution in [3.63, 3.8) is 0 Å². The molecule has 0 aliphatic rings. The summed E-state index contributed by atoms with van der Waals surface area (Å²) in [5.41, 5.74) is 4.35. The number of rotatable bonds is 3. The Hall–Kier alpha value is -1.79. The number of para-hydroxylation sites is 1. The topological polar surface area (TPSA) is 57.0 Å². The first kappa shape index (κ1) is 15.6. The van der Waals surface area contributed by atoms with E-state index in [9.17, 15) is 5.11 Å². The number of amidine groups is 1. The Labute approximate surface area is 136 Å². The Morgan fingerprint density at radius 3 is 2.71 bits per heavy atom. The summed E-state index contributed by atoms with van der Waals surface area (Å²) in [4.78, 5) is 4.43. The SMILES string of the molecule is CSC(=Nc1ccccc1)N/N=C\c1cc(Br)ccc1O. The van der Waals surface area contributed by atoms with Gasteiger partial charge in [0.15, 0.2) is 5.17 Å². The van der Waals surface area contributed by atoms with Crippen LogP contribution in [0.3, 0.4) is 0 Å². The largest absolute Gasteiger partial charge is 0.507 e. The van der Waals surface area contributed by atoms with Crippen LogP contribution in [0.25, 0.3) is 0 Å². The summed E-state index contributed by atoms with van der Waals surface area (Å²) in [5, 5.41) is 14.5. The highest BCUT2D eigenvalue weighted by Gasteiger charge is 1.99. The van der Waals surface area contributed by atoms with Crippen molar-refractivity contribution in [2.75, 3.05) is 6.26 Å². The van der Waals surface area contributed by atoms with Crippen LogP contribution in [-0.4, -0.2) is 22.7 Å². The average Bonchev–Trinajstić information content (AvgIpc) is 2.50. The van der Waals surface area contributed by atoms with Crippen molar-refractivity contribution in [1.82, 2.24) is 5.43 Å². The summed E-state index contributed by atoms with van der Waals surface area (Å²) < 4.78 is 0.879. The predicted molar refractivity (Wildman–Crippen MR) is 93.6 cm³/mol. The van der Waals surface area contributed by atoms with Gasteiger partial charge in [-0.05, 0) is 36.6 Å². The van der Waals surface area contributed by atoms with Gasteiger partial charge < -0.3 is 5.11 Å². The fourth-order valence-electron chi connectivity index (χ4n) is 1.52. The van der Waals surface area contributed by atoms with Crippen LogP contribution in [-0.2, 0) is 0 Å². The molecule has 108 valence electrons. The van der Waals surface area contributed by atoms with E-state index in [2.05, 4.69) is 31.4 Å². The zero-order valence-corrected chi connectivity index (χ0v) is 13.7. The van der Waals surface area contributed by atoms with E-state index < -0.39 is 0 Å². The lowest BCUT2D eigenvalue weighted by atomic mass is 10.2. The van der Waals surface area contributed by atoms with Crippen LogP contribution < -0.4 is 5.43 Å². The predicted octanol–water partition coefficient (Wildman–Crippen LogP) is 4.13. The molecule has 21 heavy (non-hydrogen) atoms. The second-order valence-electron chi connectivity index (χ2n) is 4.03. The van der Waals surface area contributed by atoms with Crippen LogP contribution >= 0.6 is 27.7 Å². The number of hydrazone groups is 1. The quantitative estimate of drug-likeness (QED) is 0.489. The van der Waals surface area contributed by atoms with E-state index in [-0.39, 0.29) is 5.75 Å². The van der Waals surface area contributed by atoms with E-state index >= 15 is 0 Å². The highest BCUT2D eigenvalue weighted by atomic mass is 79.9. The zero-order valence-electron chi connectivity index (χ0n) is 11.3. The molecular weight excluding hydrogens is 350 g/mol. The third kappa shape index (κ3) is 4.91. The summed E-state index contributed by atoms with van der Waals surface area (Å²) in [5.74, 6) is 0.175. The molecule has 0 saturated heterocycles. The van der Waals surface area contributed by atoms with Gasteiger partial charge in [0, 0.05) is 10.0 Å². The molecule has 2 aromatic carbocycles. The van der Waals surface area contributed by atoms with E-state index in [0.717, 1.165) is 10.2 Å². The van der Waals surface area contributed by atoms with Crippen LogP contribution in [0.4, 0.5) is 5.69 Å². The molecule has 4 nitrogen and oxygen atoms in total. The van der Waals surface area contributed by atoms with Crippen molar-refractivity contribution in [1.29, 1.82) is 0 Å². The number of hydrogen-bond donors (Lipinski definition) is 2. The Morgan fingerprint density at radius 2 is 2.00 bits per heavy atom. The van der Waals surface area contributed by atoms with E-state index in [0.29, 0.717) is 10.7 Å². The first-order chi connectivity index (χ1) is 10.2. The molecule has 0 heterocycles. The van der Waals surface area contributed by atoms with Gasteiger partial charge in [-0.15, -0.1) is 0 Å². The lowest BCUT2D eigenvalue weighted by Gasteiger charge is -2.03. The molecular formula is C15H14BrN3OS. The van der Waals surface area contributed by atoms with Gasteiger partial charge in [0.2, 0.25) is 0 Å². The van der Waals surface area contributed by atoms with Gasteiger partial charge >= 0.3 is 0 Å². The number of phenolic OH excluding ortho intramolecular Hbond substituents is 1. The van der Waals surface area contributed by atoms with Crippen LogP contribution in [0, 0.1) is 0 Å². The number of aliphatic imine (C=N–C) groups is 1. The number of nitrogens with zero attached hydrogens (tertiary/aromatic N) is 2. The molecule has 2 aromatic rings. The minimum atomic E-state index is 0.175. The molecule has 0 fully saturated rings. The van der Waals surface area contributed by atoms with E-state index in [1.54, 1.807) is 24.4 Å². The lowest BCUT2D eigenvalue weighted by Crippen LogP contribution is -2.13. The zero-order chi connectivity index (χ0) is 15.1. The molecule has 0 aromatic heterocycles. The van der Waals surface area contributed by atoms with Gasteiger partial charge in [-0.25, -0.2) is 4.99 Å². The number of aromatic hydroxyl groups is 1. The van der Waals surface area contributed by atoms with E-state index in [1.165, 1.54) is 11.8 Å². The van der Waals surface area contributed by atoms with Crippen molar-refractivity contribution < 1.29 is 5.11 Å². The molecule has 6 heteroatoms. The van der Waals surface area contributed by atoms with Gasteiger partial charge in [0.05, 0.1) is 11.9 Å². The summed E-state index contributed by atoms with van der Waals surface area (Å²) in [6.45, 7) is 0. The van der Waals surface area contributed by atoms with Crippen molar-refractivity contribution in [2.24, 2.45) is 10.1 Å². The number of thioether (sulfide) groups is 1. The molecule has 2 rings (SSSR count). The summed E-state index contributed by atoms with van der Waals surface area (Å²) >= 11 is 4.81. The van der Waals surface area contributed by atoms with Gasteiger partial charge in [0.1, 0.15) is 5.75 Å². The van der Waals surface area contributed by atoms with Crippen molar-refractivity contribution >= 4 is 44.8 Å². The first-order valence-electron chi connectivity index (χ1n) is 6.14. The minimum Gasteiger partial charge on any atom is -0.507 e. The molecule has 0 saturated carbocycles. The Balaban J connectivity index is 2.08. The molecule has 2 N–H and O–H groups in total. The van der Waals surface area contributed by atoms with E-state index in [4.69, 9.17) is 0 Å². The van der Waals surface area contributed by atoms with Gasteiger partial charge in [-0.1, -0.05) is 45.9 Å². The Kier molecular flexibility index (Phi) is 5.83. The molecule has 0 aliphatic heterocycles. The monoisotopic (exact) mass is 363 g/mol. The lowest BCUT2D eigenvalue weighted by molar-refractivity contribution is 0.474. The normalized spacial score (nSPS) is 11.8. The second kappa shape index (κ2) is 7.85. The molecule has 0 radical (unpaired) electrons. The van der Waals surface area contributed by atoms with Crippen molar-refractivity contribution in [3.8, 4) is 5.75 Å². The highest BCUT2D eigenvalue weighted by Crippen LogP contribution is 2.20. The smallest absolute Gasteiger partial charge is 0.182 e. The molecule has 0 aliphatic carbocycles. The standard InChI is InChI=1S/C15H14BrN3OS/c1-21-15(18-13-5-3-2-4-6-13)19-17-10-11-9-12(16)7-8-14(11)20/h2-10,20H,1H3,(H,18,19)/b17-10-. The van der Waals surface area contributed by atoms with Crippen LogP contribution in [0.1, 0.15) is 5.56 Å². The van der Waals surface area contributed by atoms with Gasteiger partial charge in [-0.2, -0.15) is 5.10 Å². The number of halogens is 1. The van der Waals surface area contributed by atoms with Crippen LogP contribution in [0.15, 0.2) is 63.1 Å². The number of benzene rings is 2. The fraction of sp³-hybridized carbons (Fsp3) is 0.0667. The third-order valence-corrected chi connectivity index (χ3v) is 3.60. The molecule has 0 spiro atoms. The fourth-order valence-corrected chi connectivity index (χ4v) is 2.24. The van der Waals surface area contributed by atoms with Crippen molar-refractivity contribution in [3.05, 3.63) is 58.6 Å². The van der Waals surface area contributed by atoms with Crippen molar-refractivity contribution in [2.45, 2.75) is 0 Å². The maximum atomic E-state index is 9.72. The van der Waals surface area contributed by atoms with Crippen LogP contribution in [0.2, 0.25) is 0 Å². The molecule has 0 atom stereocenters. The maximum Gasteiger partial charge on any atom is 0.182 e. The molecule has 0 amide bonds. The molecule has 0 unspecified atom stereocenters. The number of nitrogens with one attached hydrogen (secondary N) is 1. The van der Waals surface area contributed by atoms with Gasteiger partial charge in [0.25, 0.3) is 0 Å². The van der Waals surface area contributed by atoms with Gasteiger partial charge in [-0.3, -0.25) is 5.43 Å². The van der Waals surface area contributed by atoms with Crippen LogP contribution in [0.5, 0.6) is 5.75 Å². The minimum absolute atomic E-state index is 0.175. The third-order valence-electron chi connectivity index (χ3n) is 2.53. The number of hydrogen-bond acceptors (Lipinski definition) is 4. The second-order valence-corrected chi connectivity index (χ2v) is 5.74. The first-order valence-corrected chi connectivity index (χ1v) is 8.16. The maximum absolute atomic E-state index is 9.72. The summed E-state index contributed by atoms with van der Waals surface area (Å²) in [7, 11) is 0. The summed E-state index contributed by atoms with van der Waals surface area (Å²) in [6, 6.07) is 14.8. The number of phenols is 1. The highest BCUT2D eigenvalue weighted by molar-refractivity contribution is 9.10. The van der Waals surface area contributed by atoms with E-state index in [1.807, 2.05) is 36.6 Å². The Bertz CT molecular complexity index is 659. The summed E-state index contributed by atoms with van der Waals surface area (Å²) in [6.07, 6.45) is 3.47. The average molecular weight is 364 g/mol.